The highest BCUT2D eigenvalue weighted by Gasteiger charge is 2.21. The number of carbonyl (C=O) groups excluding carboxylic acids is 1. The summed E-state index contributed by atoms with van der Waals surface area (Å²) < 4.78 is 16.0. The van der Waals surface area contributed by atoms with E-state index < -0.39 is 28.7 Å². The van der Waals surface area contributed by atoms with Gasteiger partial charge >= 0.3 is 5.69 Å². The van der Waals surface area contributed by atoms with Gasteiger partial charge in [0.1, 0.15) is 11.5 Å². The molecule has 0 unspecified atom stereocenters. The van der Waals surface area contributed by atoms with Crippen molar-refractivity contribution in [2.24, 2.45) is 0 Å². The molecule has 4 rings (SSSR count). The van der Waals surface area contributed by atoms with Crippen molar-refractivity contribution < 1.29 is 9.18 Å². The van der Waals surface area contributed by atoms with Crippen molar-refractivity contribution >= 4 is 5.91 Å². The van der Waals surface area contributed by atoms with Gasteiger partial charge in [0.2, 0.25) is 5.69 Å². The average Bonchev–Trinajstić information content (AvgIpc) is 2.82. The number of nitrogens with zero attached hydrogens (tertiary/aromatic N) is 4. The van der Waals surface area contributed by atoms with Crippen molar-refractivity contribution in [1.29, 1.82) is 0 Å². The van der Waals surface area contributed by atoms with Crippen LogP contribution < -0.4 is 16.6 Å². The Hall–Kier alpha value is -4.40. The van der Waals surface area contributed by atoms with Gasteiger partial charge in [-0.2, -0.15) is 9.78 Å². The summed E-state index contributed by atoms with van der Waals surface area (Å²) in [7, 11) is 0. The number of aromatic nitrogens is 4. The maximum atomic E-state index is 14.4. The largest absolute Gasteiger partial charge is 0.352 e. The molecular weight excluding hydrogens is 413 g/mol. The molecule has 160 valence electrons. The van der Waals surface area contributed by atoms with Crippen molar-refractivity contribution in [3.63, 3.8) is 0 Å². The highest BCUT2D eigenvalue weighted by Crippen LogP contribution is 2.09. The molecular formula is C23H18FN5O3. The van der Waals surface area contributed by atoms with Crippen LogP contribution in [-0.2, 0) is 13.1 Å². The number of benzene rings is 2. The van der Waals surface area contributed by atoms with E-state index in [0.717, 1.165) is 15.3 Å². The van der Waals surface area contributed by atoms with Crippen LogP contribution in [-0.4, -0.2) is 25.2 Å². The predicted octanol–water partition coefficient (Wildman–Crippen LogP) is 1.91. The monoisotopic (exact) mass is 431 g/mol. The zero-order valence-corrected chi connectivity index (χ0v) is 16.8. The summed E-state index contributed by atoms with van der Waals surface area (Å²) in [5.41, 5.74) is -1.02. The number of para-hydroxylation sites is 1. The fourth-order valence-electron chi connectivity index (χ4n) is 3.11. The minimum atomic E-state index is -0.866. The molecule has 0 radical (unpaired) electrons. The normalized spacial score (nSPS) is 10.7. The highest BCUT2D eigenvalue weighted by atomic mass is 19.1. The quantitative estimate of drug-likeness (QED) is 0.503. The van der Waals surface area contributed by atoms with Crippen molar-refractivity contribution in [2.45, 2.75) is 13.1 Å². The maximum Gasteiger partial charge on any atom is 0.352 e. The topological polar surface area (TPSA) is 98.9 Å². The van der Waals surface area contributed by atoms with Crippen LogP contribution >= 0.6 is 0 Å². The van der Waals surface area contributed by atoms with Gasteiger partial charge in [-0.15, -0.1) is 0 Å². The molecule has 0 bridgehead atoms. The van der Waals surface area contributed by atoms with Gasteiger partial charge < -0.3 is 5.32 Å². The maximum absolute atomic E-state index is 14.4. The van der Waals surface area contributed by atoms with E-state index in [2.05, 4.69) is 15.4 Å². The first kappa shape index (κ1) is 20.9. The number of halogens is 1. The Labute approximate surface area is 181 Å². The van der Waals surface area contributed by atoms with Gasteiger partial charge in [-0.3, -0.25) is 19.1 Å². The van der Waals surface area contributed by atoms with Crippen LogP contribution in [0, 0.1) is 5.82 Å². The van der Waals surface area contributed by atoms with Gasteiger partial charge in [0.05, 0.1) is 6.54 Å². The van der Waals surface area contributed by atoms with E-state index in [0.29, 0.717) is 11.1 Å². The van der Waals surface area contributed by atoms with Crippen molar-refractivity contribution in [3.05, 3.63) is 123 Å². The van der Waals surface area contributed by atoms with E-state index in [9.17, 15) is 18.8 Å². The molecule has 0 aliphatic rings. The molecule has 9 heteroatoms. The molecule has 0 spiro atoms. The molecule has 4 aromatic rings. The Kier molecular flexibility index (Phi) is 5.98. The van der Waals surface area contributed by atoms with E-state index >= 15 is 0 Å². The molecule has 0 saturated carbocycles. The number of hydrogen-bond acceptors (Lipinski definition) is 5. The van der Waals surface area contributed by atoms with Crippen LogP contribution in [0.5, 0.6) is 0 Å². The molecule has 0 aliphatic heterocycles. The molecule has 0 atom stereocenters. The van der Waals surface area contributed by atoms with Crippen molar-refractivity contribution in [3.8, 4) is 5.69 Å². The van der Waals surface area contributed by atoms with E-state index in [-0.39, 0.29) is 18.8 Å². The van der Waals surface area contributed by atoms with Gasteiger partial charge in [0.15, 0.2) is 0 Å². The first-order valence-electron chi connectivity index (χ1n) is 9.74. The summed E-state index contributed by atoms with van der Waals surface area (Å²) in [6.07, 6.45) is 3.17. The second-order valence-electron chi connectivity index (χ2n) is 6.92. The molecule has 2 aromatic heterocycles. The zero-order valence-electron chi connectivity index (χ0n) is 16.8. The summed E-state index contributed by atoms with van der Waals surface area (Å²) in [6.45, 7) is 0.00364. The van der Waals surface area contributed by atoms with E-state index in [4.69, 9.17) is 0 Å². The molecule has 8 nitrogen and oxygen atoms in total. The van der Waals surface area contributed by atoms with Crippen molar-refractivity contribution in [2.75, 3.05) is 0 Å². The Morgan fingerprint density at radius 3 is 2.38 bits per heavy atom. The Bertz CT molecular complexity index is 1370. The molecule has 0 aliphatic carbocycles. The third kappa shape index (κ3) is 4.36. The predicted molar refractivity (Wildman–Crippen MR) is 115 cm³/mol. The lowest BCUT2D eigenvalue weighted by Crippen LogP contribution is -2.46. The number of nitrogens with one attached hydrogen (secondary N) is 1. The van der Waals surface area contributed by atoms with Crippen LogP contribution in [0.1, 0.15) is 21.6 Å². The van der Waals surface area contributed by atoms with Crippen LogP contribution in [0.3, 0.4) is 0 Å². The molecule has 2 aromatic carbocycles. The van der Waals surface area contributed by atoms with Crippen molar-refractivity contribution in [1.82, 2.24) is 24.6 Å². The Balaban J connectivity index is 1.80. The fraction of sp³-hybridized carbons (Fsp3) is 0.0870. The van der Waals surface area contributed by atoms with Crippen LogP contribution in [0.2, 0.25) is 0 Å². The third-order valence-electron chi connectivity index (χ3n) is 4.71. The fourth-order valence-corrected chi connectivity index (χ4v) is 3.11. The number of rotatable bonds is 6. The smallest absolute Gasteiger partial charge is 0.346 e. The lowest BCUT2D eigenvalue weighted by Gasteiger charge is -2.13. The lowest BCUT2D eigenvalue weighted by atomic mass is 10.2. The SMILES string of the molecule is O=C(NCc1cccnc1)c1nn(-c2ccccc2F)c(=O)n(Cc2ccccc2)c1=O. The zero-order chi connectivity index (χ0) is 22.5. The Morgan fingerprint density at radius 1 is 0.938 bits per heavy atom. The van der Waals surface area contributed by atoms with Gasteiger partial charge in [-0.05, 0) is 29.3 Å². The molecule has 1 N–H and O–H groups in total. The minimum Gasteiger partial charge on any atom is -0.346 e. The summed E-state index contributed by atoms with van der Waals surface area (Å²) in [5.74, 6) is -1.50. The summed E-state index contributed by atoms with van der Waals surface area (Å²) in [6, 6.07) is 17.8. The van der Waals surface area contributed by atoms with Gasteiger partial charge in [-0.1, -0.05) is 48.5 Å². The lowest BCUT2D eigenvalue weighted by molar-refractivity contribution is 0.0941. The highest BCUT2D eigenvalue weighted by molar-refractivity contribution is 5.91. The van der Waals surface area contributed by atoms with Crippen LogP contribution in [0.25, 0.3) is 5.69 Å². The second kappa shape index (κ2) is 9.17. The number of carbonyl (C=O) groups is 1. The first-order chi connectivity index (χ1) is 15.5. The second-order valence-corrected chi connectivity index (χ2v) is 6.92. The number of pyridine rings is 1. The molecule has 2 heterocycles. The summed E-state index contributed by atoms with van der Waals surface area (Å²) in [5, 5.41) is 6.52. The van der Waals surface area contributed by atoms with Crippen LogP contribution in [0.4, 0.5) is 4.39 Å². The van der Waals surface area contributed by atoms with Gasteiger partial charge in [0.25, 0.3) is 11.5 Å². The van der Waals surface area contributed by atoms with Gasteiger partial charge in [0, 0.05) is 18.9 Å². The van der Waals surface area contributed by atoms with E-state index in [1.54, 1.807) is 54.9 Å². The van der Waals surface area contributed by atoms with E-state index in [1.165, 1.54) is 18.2 Å². The van der Waals surface area contributed by atoms with E-state index in [1.807, 2.05) is 0 Å². The molecule has 0 saturated heterocycles. The third-order valence-corrected chi connectivity index (χ3v) is 4.71. The summed E-state index contributed by atoms with van der Waals surface area (Å²) >= 11 is 0. The summed E-state index contributed by atoms with van der Waals surface area (Å²) in [4.78, 5) is 42.9. The number of amides is 1. The first-order valence-corrected chi connectivity index (χ1v) is 9.74. The average molecular weight is 431 g/mol. The minimum absolute atomic E-state index is 0.0988. The van der Waals surface area contributed by atoms with Gasteiger partial charge in [-0.25, -0.2) is 9.18 Å². The molecule has 32 heavy (non-hydrogen) atoms. The molecule has 1 amide bonds. The Morgan fingerprint density at radius 2 is 1.66 bits per heavy atom. The number of hydrogen-bond donors (Lipinski definition) is 1. The van der Waals surface area contributed by atoms with Crippen LogP contribution in [0.15, 0.2) is 88.7 Å². The standard InChI is InChI=1S/C23H18FN5O3/c24-18-10-4-5-11-19(18)29-23(32)28(15-16-7-2-1-3-8-16)22(31)20(27-29)21(30)26-14-17-9-6-12-25-13-17/h1-13H,14-15H2,(H,26,30). The molecule has 0 fully saturated rings.